The van der Waals surface area contributed by atoms with Gasteiger partial charge in [0, 0.05) is 28.8 Å². The van der Waals surface area contributed by atoms with Gasteiger partial charge in [0.15, 0.2) is 11.6 Å². The van der Waals surface area contributed by atoms with Crippen LogP contribution in [0.15, 0.2) is 48.7 Å². The van der Waals surface area contributed by atoms with Crippen LogP contribution in [-0.4, -0.2) is 40.9 Å². The first-order valence-corrected chi connectivity index (χ1v) is 13.2. The number of aromatic hydroxyl groups is 1. The number of aliphatic hydroxyl groups is 1. The molecule has 5 rings (SSSR count). The number of aliphatic hydroxyl groups excluding tert-OH is 1. The fourth-order valence-electron chi connectivity index (χ4n) is 5.64. The van der Waals surface area contributed by atoms with Gasteiger partial charge in [-0.05, 0) is 60.9 Å². The summed E-state index contributed by atoms with van der Waals surface area (Å²) in [6.07, 6.45) is 4.32. The fourth-order valence-corrected chi connectivity index (χ4v) is 6.45. The van der Waals surface area contributed by atoms with E-state index >= 15 is 0 Å². The van der Waals surface area contributed by atoms with Crippen molar-refractivity contribution in [3.63, 3.8) is 0 Å². The first kappa shape index (κ1) is 23.8. The van der Waals surface area contributed by atoms with E-state index in [1.165, 1.54) is 18.2 Å². The number of hydrogen-bond acceptors (Lipinski definition) is 6. The second kappa shape index (κ2) is 8.61. The summed E-state index contributed by atoms with van der Waals surface area (Å²) in [5.74, 6) is -1.34. The average molecular weight is 502 g/mol. The highest BCUT2D eigenvalue weighted by Crippen LogP contribution is 2.63. The lowest BCUT2D eigenvalue weighted by molar-refractivity contribution is 0.273. The number of para-hydroxylation sites is 1. The summed E-state index contributed by atoms with van der Waals surface area (Å²) in [6.45, 7) is -0.260. The zero-order valence-electron chi connectivity index (χ0n) is 18.9. The first-order valence-electron chi connectivity index (χ1n) is 11.3. The Morgan fingerprint density at radius 1 is 1.14 bits per heavy atom. The van der Waals surface area contributed by atoms with E-state index in [0.29, 0.717) is 29.9 Å². The molecule has 4 atom stereocenters. The summed E-state index contributed by atoms with van der Waals surface area (Å²) < 4.78 is 55.4. The predicted octanol–water partition coefficient (Wildman–Crippen LogP) is 3.06. The topological polar surface area (TPSA) is 112 Å². The summed E-state index contributed by atoms with van der Waals surface area (Å²) in [6, 6.07) is 9.76. The Kier molecular flexibility index (Phi) is 5.85. The van der Waals surface area contributed by atoms with Gasteiger partial charge in [-0.15, -0.1) is 0 Å². The summed E-state index contributed by atoms with van der Waals surface area (Å²) in [5, 5.41) is 19.8. The van der Waals surface area contributed by atoms with E-state index in [4.69, 9.17) is 0 Å². The molecule has 0 amide bonds. The van der Waals surface area contributed by atoms with E-state index in [1.807, 2.05) is 0 Å². The average Bonchev–Trinajstić information content (AvgIpc) is 3.57. The number of rotatable bonds is 7. The molecule has 184 valence electrons. The third-order valence-corrected chi connectivity index (χ3v) is 7.89. The van der Waals surface area contributed by atoms with Crippen molar-refractivity contribution in [1.29, 1.82) is 0 Å². The van der Waals surface area contributed by atoms with Gasteiger partial charge >= 0.3 is 0 Å². The number of nitrogens with zero attached hydrogens (tertiary/aromatic N) is 2. The van der Waals surface area contributed by atoms with Crippen molar-refractivity contribution in [2.45, 2.75) is 37.3 Å². The van der Waals surface area contributed by atoms with Crippen LogP contribution in [0.2, 0.25) is 0 Å². The number of hydrogen-bond donors (Lipinski definition) is 3. The highest BCUT2D eigenvalue weighted by atomic mass is 32.2. The number of sulfonamides is 1. The molecule has 2 saturated carbocycles. The lowest BCUT2D eigenvalue weighted by Crippen LogP contribution is -2.39. The lowest BCUT2D eigenvalue weighted by Gasteiger charge is -2.32. The minimum atomic E-state index is -3.43. The van der Waals surface area contributed by atoms with Crippen LogP contribution < -0.4 is 4.72 Å². The second-order valence-corrected chi connectivity index (χ2v) is 11.3. The minimum Gasteiger partial charge on any atom is -0.504 e. The fraction of sp³-hybridized carbons (Fsp3) is 0.360. The molecular weight excluding hydrogens is 476 g/mol. The molecule has 0 radical (unpaired) electrons. The molecule has 0 spiro atoms. The molecule has 2 aliphatic carbocycles. The third kappa shape index (κ3) is 4.41. The smallest absolute Gasteiger partial charge is 0.208 e. The predicted molar refractivity (Wildman–Crippen MR) is 125 cm³/mol. The van der Waals surface area contributed by atoms with Crippen molar-refractivity contribution in [1.82, 2.24) is 14.7 Å². The molecule has 2 fully saturated rings. The normalized spacial score (nSPS) is 25.4. The van der Waals surface area contributed by atoms with Crippen LogP contribution in [0.5, 0.6) is 5.75 Å². The monoisotopic (exact) mass is 501 g/mol. The Morgan fingerprint density at radius 3 is 2.69 bits per heavy atom. The maximum atomic E-state index is 14.8. The van der Waals surface area contributed by atoms with Crippen LogP contribution in [0, 0.1) is 23.5 Å². The van der Waals surface area contributed by atoms with Crippen molar-refractivity contribution in [3.8, 4) is 16.9 Å². The van der Waals surface area contributed by atoms with Gasteiger partial charge in [0.2, 0.25) is 10.0 Å². The molecule has 3 aromatic rings. The van der Waals surface area contributed by atoms with Crippen molar-refractivity contribution in [3.05, 3.63) is 77.4 Å². The maximum absolute atomic E-state index is 14.8. The van der Waals surface area contributed by atoms with E-state index in [9.17, 15) is 27.4 Å². The number of nitrogens with one attached hydrogen (secondary N) is 1. The van der Waals surface area contributed by atoms with Crippen LogP contribution in [0.1, 0.15) is 29.9 Å². The van der Waals surface area contributed by atoms with Gasteiger partial charge in [-0.1, -0.05) is 18.2 Å². The van der Waals surface area contributed by atoms with Crippen molar-refractivity contribution < 1.29 is 27.4 Å². The Balaban J connectivity index is 1.58. The van der Waals surface area contributed by atoms with E-state index in [-0.39, 0.29) is 35.6 Å². The molecular formula is C25H25F2N3O4S. The highest BCUT2D eigenvalue weighted by Gasteiger charge is 2.64. The molecule has 10 heteroatoms. The number of aromatic nitrogens is 2. The van der Waals surface area contributed by atoms with Gasteiger partial charge in [-0.3, -0.25) is 0 Å². The zero-order valence-corrected chi connectivity index (χ0v) is 19.8. The van der Waals surface area contributed by atoms with Crippen LogP contribution >= 0.6 is 0 Å². The standard InChI is InChI=1S/C25H25F2N3O4S/c1-35(33,34)30-22-12-25(19-10-18(19)22,24-28-8-7-15(13-31)29-24)11-14-5-6-20(26)17(9-14)16-3-2-4-21(27)23(16)32/h2-9,18-19,22,30-32H,10-13H2,1H3/t18-,19+,22-,25-/m1/s1. The second-order valence-electron chi connectivity index (χ2n) is 9.52. The van der Waals surface area contributed by atoms with Crippen molar-refractivity contribution >= 4 is 10.0 Å². The SMILES string of the molecule is CS(=O)(=O)N[C@@H]1C[C@@](Cc2ccc(F)c(-c3cccc(F)c3O)c2)(c2nccc(CO)n2)[C@H]2C[C@@H]12. The van der Waals surface area contributed by atoms with Crippen molar-refractivity contribution in [2.24, 2.45) is 11.8 Å². The van der Waals surface area contributed by atoms with E-state index < -0.39 is 32.8 Å². The quantitative estimate of drug-likeness (QED) is 0.459. The van der Waals surface area contributed by atoms with Gasteiger partial charge in [-0.25, -0.2) is 31.9 Å². The summed E-state index contributed by atoms with van der Waals surface area (Å²) in [7, 11) is -3.43. The number of phenols is 1. The molecule has 3 N–H and O–H groups in total. The molecule has 7 nitrogen and oxygen atoms in total. The van der Waals surface area contributed by atoms with Crippen LogP contribution in [0.25, 0.3) is 11.1 Å². The van der Waals surface area contributed by atoms with E-state index in [2.05, 4.69) is 14.7 Å². The Morgan fingerprint density at radius 2 is 1.94 bits per heavy atom. The lowest BCUT2D eigenvalue weighted by atomic mass is 9.75. The Hall–Kier alpha value is -2.95. The van der Waals surface area contributed by atoms with Crippen LogP contribution in [-0.2, 0) is 28.5 Å². The largest absolute Gasteiger partial charge is 0.504 e. The molecule has 2 aromatic carbocycles. The molecule has 0 unspecified atom stereocenters. The zero-order chi connectivity index (χ0) is 25.0. The number of halogens is 2. The van der Waals surface area contributed by atoms with Gasteiger partial charge in [0.1, 0.15) is 11.6 Å². The number of phenolic OH excluding ortho intramolecular Hbond substituents is 1. The number of benzene rings is 2. The molecule has 0 saturated heterocycles. The number of fused-ring (bicyclic) bond motifs is 1. The van der Waals surface area contributed by atoms with Gasteiger partial charge < -0.3 is 10.2 Å². The molecule has 0 aliphatic heterocycles. The molecule has 1 heterocycles. The molecule has 1 aromatic heterocycles. The Bertz CT molecular complexity index is 1400. The summed E-state index contributed by atoms with van der Waals surface area (Å²) >= 11 is 0. The Labute approximate surface area is 201 Å². The molecule has 35 heavy (non-hydrogen) atoms. The summed E-state index contributed by atoms with van der Waals surface area (Å²) in [5.41, 5.74) is 0.640. The van der Waals surface area contributed by atoms with Gasteiger partial charge in [0.05, 0.1) is 18.6 Å². The van der Waals surface area contributed by atoms with Gasteiger partial charge in [-0.2, -0.15) is 0 Å². The highest BCUT2D eigenvalue weighted by molar-refractivity contribution is 7.88. The molecule has 0 bridgehead atoms. The van der Waals surface area contributed by atoms with Crippen LogP contribution in [0.3, 0.4) is 0 Å². The third-order valence-electron chi connectivity index (χ3n) is 7.16. The molecule has 2 aliphatic rings. The van der Waals surface area contributed by atoms with E-state index in [0.717, 1.165) is 18.7 Å². The first-order chi connectivity index (χ1) is 16.6. The minimum absolute atomic E-state index is 0.0456. The van der Waals surface area contributed by atoms with Crippen LogP contribution in [0.4, 0.5) is 8.78 Å². The maximum Gasteiger partial charge on any atom is 0.208 e. The van der Waals surface area contributed by atoms with Gasteiger partial charge in [0.25, 0.3) is 0 Å². The summed E-state index contributed by atoms with van der Waals surface area (Å²) in [4.78, 5) is 9.08. The van der Waals surface area contributed by atoms with E-state index in [1.54, 1.807) is 24.4 Å². The van der Waals surface area contributed by atoms with Crippen molar-refractivity contribution in [2.75, 3.05) is 6.26 Å².